The Kier molecular flexibility index (Phi) is 5.58. The van der Waals surface area contributed by atoms with Crippen LogP contribution in [0.15, 0.2) is 53.4 Å². The van der Waals surface area contributed by atoms with Gasteiger partial charge in [0.2, 0.25) is 10.0 Å². The van der Waals surface area contributed by atoms with E-state index in [0.29, 0.717) is 0 Å². The van der Waals surface area contributed by atoms with Crippen LogP contribution in [0.4, 0.5) is 0 Å². The largest absolute Gasteiger partial charge is 0.497 e. The Morgan fingerprint density at radius 2 is 1.79 bits per heavy atom. The fraction of sp³-hybridized carbons (Fsp3) is 0.235. The Bertz CT molecular complexity index is 817. The highest BCUT2D eigenvalue weighted by Gasteiger charge is 2.16. The van der Waals surface area contributed by atoms with E-state index in [2.05, 4.69) is 10.0 Å². The monoisotopic (exact) mass is 348 g/mol. The molecule has 0 aliphatic carbocycles. The minimum absolute atomic E-state index is 0.0507. The van der Waals surface area contributed by atoms with E-state index in [0.717, 1.165) is 11.3 Å². The number of nitrogens with one attached hydrogen (secondary N) is 2. The molecule has 0 saturated heterocycles. The van der Waals surface area contributed by atoms with Crippen LogP contribution >= 0.6 is 0 Å². The van der Waals surface area contributed by atoms with Gasteiger partial charge in [0.25, 0.3) is 5.91 Å². The maximum atomic E-state index is 12.4. The summed E-state index contributed by atoms with van der Waals surface area (Å²) < 4.78 is 31.0. The predicted octanol–water partition coefficient (Wildman–Crippen LogP) is 2.09. The van der Waals surface area contributed by atoms with Crippen molar-refractivity contribution in [3.63, 3.8) is 0 Å². The van der Waals surface area contributed by atoms with Gasteiger partial charge in [-0.1, -0.05) is 18.2 Å². The molecule has 1 atom stereocenters. The molecular weight excluding hydrogens is 328 g/mol. The lowest BCUT2D eigenvalue weighted by Crippen LogP contribution is -2.27. The van der Waals surface area contributed by atoms with Gasteiger partial charge in [-0.25, -0.2) is 13.1 Å². The molecule has 0 bridgehead atoms. The zero-order chi connectivity index (χ0) is 17.7. The van der Waals surface area contributed by atoms with E-state index < -0.39 is 10.0 Å². The number of rotatable bonds is 6. The Hall–Kier alpha value is -2.38. The van der Waals surface area contributed by atoms with Gasteiger partial charge in [0.05, 0.1) is 18.0 Å². The summed E-state index contributed by atoms with van der Waals surface area (Å²) in [6.07, 6.45) is 0. The fourth-order valence-electron chi connectivity index (χ4n) is 2.18. The third-order valence-electron chi connectivity index (χ3n) is 3.64. The molecule has 2 aromatic carbocycles. The molecule has 0 aliphatic heterocycles. The lowest BCUT2D eigenvalue weighted by atomic mass is 10.1. The van der Waals surface area contributed by atoms with E-state index in [1.165, 1.54) is 25.2 Å². The van der Waals surface area contributed by atoms with Crippen molar-refractivity contribution >= 4 is 15.9 Å². The van der Waals surface area contributed by atoms with Crippen molar-refractivity contribution < 1.29 is 17.9 Å². The Balaban J connectivity index is 2.15. The smallest absolute Gasteiger partial charge is 0.251 e. The van der Waals surface area contributed by atoms with Crippen molar-refractivity contribution in [2.75, 3.05) is 14.2 Å². The lowest BCUT2D eigenvalue weighted by molar-refractivity contribution is 0.0939. The van der Waals surface area contributed by atoms with Crippen LogP contribution in [0.2, 0.25) is 0 Å². The Morgan fingerprint density at radius 1 is 1.12 bits per heavy atom. The van der Waals surface area contributed by atoms with E-state index in [9.17, 15) is 13.2 Å². The molecule has 0 aromatic heterocycles. The summed E-state index contributed by atoms with van der Waals surface area (Å²) in [5, 5.41) is 2.85. The third kappa shape index (κ3) is 4.12. The molecule has 7 heteroatoms. The van der Waals surface area contributed by atoms with E-state index in [-0.39, 0.29) is 22.4 Å². The van der Waals surface area contributed by atoms with Crippen molar-refractivity contribution in [2.24, 2.45) is 0 Å². The van der Waals surface area contributed by atoms with Crippen molar-refractivity contribution in [1.82, 2.24) is 10.0 Å². The Morgan fingerprint density at radius 3 is 2.38 bits per heavy atom. The summed E-state index contributed by atoms with van der Waals surface area (Å²) >= 11 is 0. The summed E-state index contributed by atoms with van der Waals surface area (Å²) in [6, 6.07) is 13.0. The number of sulfonamides is 1. The number of hydrogen-bond acceptors (Lipinski definition) is 4. The first-order valence-electron chi connectivity index (χ1n) is 7.36. The second-order valence-corrected chi connectivity index (χ2v) is 7.09. The molecule has 2 rings (SSSR count). The maximum Gasteiger partial charge on any atom is 0.251 e. The minimum atomic E-state index is -3.59. The summed E-state index contributed by atoms with van der Waals surface area (Å²) in [4.78, 5) is 12.4. The number of hydrogen-bond donors (Lipinski definition) is 2. The standard InChI is InChI=1S/C17H20N2O4S/c1-12(13-7-9-15(23-3)10-8-13)19-17(20)14-5-4-6-16(11-14)24(21,22)18-2/h4-12,18H,1-3H3,(H,19,20). The van der Waals surface area contributed by atoms with Crippen LogP contribution < -0.4 is 14.8 Å². The highest BCUT2D eigenvalue weighted by atomic mass is 32.2. The topological polar surface area (TPSA) is 84.5 Å². The van der Waals surface area contributed by atoms with E-state index in [1.807, 2.05) is 31.2 Å². The number of carbonyl (C=O) groups excluding carboxylic acids is 1. The number of carbonyl (C=O) groups is 1. The molecule has 6 nitrogen and oxygen atoms in total. The lowest BCUT2D eigenvalue weighted by Gasteiger charge is -2.15. The molecule has 128 valence electrons. The van der Waals surface area contributed by atoms with E-state index in [4.69, 9.17) is 4.74 Å². The summed E-state index contributed by atoms with van der Waals surface area (Å²) in [5.74, 6) is 0.397. The van der Waals surface area contributed by atoms with Crippen molar-refractivity contribution in [2.45, 2.75) is 17.9 Å². The molecule has 2 aromatic rings. The van der Waals surface area contributed by atoms with Crippen LogP contribution in [-0.4, -0.2) is 28.5 Å². The SMILES string of the molecule is CNS(=O)(=O)c1cccc(C(=O)NC(C)c2ccc(OC)cc2)c1. The zero-order valence-electron chi connectivity index (χ0n) is 13.7. The first-order chi connectivity index (χ1) is 11.4. The van der Waals surface area contributed by atoms with E-state index >= 15 is 0 Å². The summed E-state index contributed by atoms with van der Waals surface area (Å²) in [7, 11) is -0.670. The van der Waals surface area contributed by atoms with Gasteiger partial charge in [-0.3, -0.25) is 4.79 Å². The molecule has 0 spiro atoms. The highest BCUT2D eigenvalue weighted by molar-refractivity contribution is 7.89. The van der Waals surface area contributed by atoms with Crippen LogP contribution in [0.25, 0.3) is 0 Å². The van der Waals surface area contributed by atoms with Gasteiger partial charge in [-0.2, -0.15) is 0 Å². The number of benzene rings is 2. The summed E-state index contributed by atoms with van der Waals surface area (Å²) in [5.41, 5.74) is 1.20. The van der Waals surface area contributed by atoms with Crippen LogP contribution in [0, 0.1) is 0 Å². The molecule has 0 radical (unpaired) electrons. The molecule has 0 heterocycles. The Labute approximate surface area is 141 Å². The van der Waals surface area contributed by atoms with Gasteiger partial charge in [-0.15, -0.1) is 0 Å². The van der Waals surface area contributed by atoms with Gasteiger partial charge in [0, 0.05) is 5.56 Å². The molecule has 1 unspecified atom stereocenters. The van der Waals surface area contributed by atoms with Gasteiger partial charge in [0.15, 0.2) is 0 Å². The molecular formula is C17H20N2O4S. The maximum absolute atomic E-state index is 12.4. The average Bonchev–Trinajstić information content (AvgIpc) is 2.61. The van der Waals surface area contributed by atoms with Crippen molar-refractivity contribution in [1.29, 1.82) is 0 Å². The number of ether oxygens (including phenoxy) is 1. The van der Waals surface area contributed by atoms with Crippen LogP contribution in [0.1, 0.15) is 28.9 Å². The molecule has 0 saturated carbocycles. The zero-order valence-corrected chi connectivity index (χ0v) is 14.6. The summed E-state index contributed by atoms with van der Waals surface area (Å²) in [6.45, 7) is 1.86. The molecule has 24 heavy (non-hydrogen) atoms. The number of methoxy groups -OCH3 is 1. The van der Waals surface area contributed by atoms with Gasteiger partial charge >= 0.3 is 0 Å². The van der Waals surface area contributed by atoms with Gasteiger partial charge in [-0.05, 0) is 49.9 Å². The fourth-order valence-corrected chi connectivity index (χ4v) is 2.95. The van der Waals surface area contributed by atoms with Gasteiger partial charge in [0.1, 0.15) is 5.75 Å². The van der Waals surface area contributed by atoms with Crippen LogP contribution in [-0.2, 0) is 10.0 Å². The molecule has 0 fully saturated rings. The first-order valence-corrected chi connectivity index (χ1v) is 8.84. The minimum Gasteiger partial charge on any atom is -0.497 e. The number of amides is 1. The predicted molar refractivity (Wildman–Crippen MR) is 91.6 cm³/mol. The quantitative estimate of drug-likeness (QED) is 0.837. The second-order valence-electron chi connectivity index (χ2n) is 5.20. The van der Waals surface area contributed by atoms with Crippen molar-refractivity contribution in [3.8, 4) is 5.75 Å². The van der Waals surface area contributed by atoms with Crippen LogP contribution in [0.3, 0.4) is 0 Å². The molecule has 0 aliphatic rings. The third-order valence-corrected chi connectivity index (χ3v) is 5.05. The average molecular weight is 348 g/mol. The first kappa shape index (κ1) is 18.0. The van der Waals surface area contributed by atoms with E-state index in [1.54, 1.807) is 13.2 Å². The normalized spacial score (nSPS) is 12.5. The van der Waals surface area contributed by atoms with Crippen LogP contribution in [0.5, 0.6) is 5.75 Å². The van der Waals surface area contributed by atoms with Gasteiger partial charge < -0.3 is 10.1 Å². The molecule has 1 amide bonds. The van der Waals surface area contributed by atoms with Crippen molar-refractivity contribution in [3.05, 3.63) is 59.7 Å². The second kappa shape index (κ2) is 7.46. The highest BCUT2D eigenvalue weighted by Crippen LogP contribution is 2.18. The molecule has 2 N–H and O–H groups in total.